The maximum atomic E-state index is 13.4. The van der Waals surface area contributed by atoms with Crippen molar-refractivity contribution in [3.8, 4) is 0 Å². The minimum absolute atomic E-state index is 0.0438. The van der Waals surface area contributed by atoms with Crippen LogP contribution in [0.5, 0.6) is 0 Å². The van der Waals surface area contributed by atoms with Crippen LogP contribution >= 0.6 is 0 Å². The molecule has 0 spiro atoms. The lowest BCUT2D eigenvalue weighted by Crippen LogP contribution is -2.33. The number of hydrogen-bond acceptors (Lipinski definition) is 6. The van der Waals surface area contributed by atoms with E-state index in [0.717, 1.165) is 32.2 Å². The van der Waals surface area contributed by atoms with Crippen molar-refractivity contribution >= 4 is 5.91 Å². The maximum absolute atomic E-state index is 13.4. The molecule has 4 rings (SSSR count). The van der Waals surface area contributed by atoms with Gasteiger partial charge in [0.2, 0.25) is 17.7 Å². The number of nitrogens with two attached hydrogens (primary N) is 1. The predicted molar refractivity (Wildman–Crippen MR) is 137 cm³/mol. The molecular formula is C28H37N5O2. The first kappa shape index (κ1) is 25.1. The summed E-state index contributed by atoms with van der Waals surface area (Å²) in [4.78, 5) is 17.4. The maximum Gasteiger partial charge on any atom is 0.239 e. The van der Waals surface area contributed by atoms with Gasteiger partial charge >= 0.3 is 0 Å². The average Bonchev–Trinajstić information content (AvgIpc) is 3.48. The van der Waals surface area contributed by atoms with Crippen molar-refractivity contribution in [1.29, 1.82) is 0 Å². The van der Waals surface area contributed by atoms with Crippen molar-refractivity contribution in [2.45, 2.75) is 51.1 Å². The Morgan fingerprint density at radius 2 is 1.80 bits per heavy atom. The third-order valence-corrected chi connectivity index (χ3v) is 6.96. The molecule has 35 heavy (non-hydrogen) atoms. The van der Waals surface area contributed by atoms with Gasteiger partial charge in [-0.25, -0.2) is 0 Å². The molecule has 0 saturated carbocycles. The molecule has 3 aromatic rings. The highest BCUT2D eigenvalue weighted by Gasteiger charge is 2.38. The fourth-order valence-electron chi connectivity index (χ4n) is 4.81. The van der Waals surface area contributed by atoms with Gasteiger partial charge in [0.05, 0.1) is 6.04 Å². The van der Waals surface area contributed by atoms with E-state index in [1.54, 1.807) is 0 Å². The minimum atomic E-state index is -0.394. The highest BCUT2D eigenvalue weighted by atomic mass is 16.4. The first-order chi connectivity index (χ1) is 16.9. The Kier molecular flexibility index (Phi) is 8.31. The van der Waals surface area contributed by atoms with Crippen molar-refractivity contribution in [2.24, 2.45) is 11.7 Å². The molecule has 0 aliphatic carbocycles. The summed E-state index contributed by atoms with van der Waals surface area (Å²) in [5.41, 5.74) is 10.0. The summed E-state index contributed by atoms with van der Waals surface area (Å²) in [7, 11) is 4.08. The molecule has 1 fully saturated rings. The molecule has 1 aliphatic heterocycles. The molecule has 2 heterocycles. The molecule has 1 aromatic heterocycles. The Morgan fingerprint density at radius 1 is 1.09 bits per heavy atom. The molecule has 1 aliphatic rings. The molecule has 2 N–H and O–H groups in total. The first-order valence-electron chi connectivity index (χ1n) is 12.5. The quantitative estimate of drug-likeness (QED) is 0.449. The number of likely N-dealkylation sites (tertiary alicyclic amines) is 1. The smallest absolute Gasteiger partial charge is 0.239 e. The Labute approximate surface area is 208 Å². The zero-order valence-corrected chi connectivity index (χ0v) is 21.1. The summed E-state index contributed by atoms with van der Waals surface area (Å²) >= 11 is 0. The summed E-state index contributed by atoms with van der Waals surface area (Å²) in [5.74, 6) is 1.14. The van der Waals surface area contributed by atoms with Gasteiger partial charge in [0.15, 0.2) is 0 Å². The van der Waals surface area contributed by atoms with E-state index in [-0.39, 0.29) is 17.9 Å². The van der Waals surface area contributed by atoms with Crippen molar-refractivity contribution < 1.29 is 9.21 Å². The summed E-state index contributed by atoms with van der Waals surface area (Å²) in [5, 5.41) is 8.70. The van der Waals surface area contributed by atoms with Gasteiger partial charge in [0.25, 0.3) is 0 Å². The van der Waals surface area contributed by atoms with Crippen LogP contribution in [0.2, 0.25) is 0 Å². The van der Waals surface area contributed by atoms with E-state index in [1.165, 1.54) is 16.7 Å². The van der Waals surface area contributed by atoms with Gasteiger partial charge in [-0.2, -0.15) is 0 Å². The van der Waals surface area contributed by atoms with Gasteiger partial charge in [0, 0.05) is 12.5 Å². The zero-order valence-electron chi connectivity index (χ0n) is 21.1. The lowest BCUT2D eigenvalue weighted by Gasteiger charge is -2.26. The molecule has 7 heteroatoms. The minimum Gasteiger partial charge on any atom is -0.421 e. The number of aromatic nitrogens is 2. The highest BCUT2D eigenvalue weighted by Crippen LogP contribution is 2.33. The van der Waals surface area contributed by atoms with Gasteiger partial charge in [-0.1, -0.05) is 54.6 Å². The van der Waals surface area contributed by atoms with Crippen LogP contribution in [-0.2, 0) is 17.6 Å². The largest absolute Gasteiger partial charge is 0.421 e. The number of nitrogens with zero attached hydrogens (tertiary/aromatic N) is 4. The van der Waals surface area contributed by atoms with Gasteiger partial charge in [-0.15, -0.1) is 10.2 Å². The van der Waals surface area contributed by atoms with E-state index in [9.17, 15) is 4.79 Å². The normalized spacial score (nSPS) is 17.8. The fourth-order valence-corrected chi connectivity index (χ4v) is 4.81. The second-order valence-corrected chi connectivity index (χ2v) is 9.86. The van der Waals surface area contributed by atoms with E-state index in [2.05, 4.69) is 46.3 Å². The van der Waals surface area contributed by atoms with Gasteiger partial charge in [0.1, 0.15) is 6.04 Å². The van der Waals surface area contributed by atoms with Crippen molar-refractivity contribution in [3.63, 3.8) is 0 Å². The topological polar surface area (TPSA) is 88.5 Å². The summed E-state index contributed by atoms with van der Waals surface area (Å²) in [6, 6.07) is 17.9. The van der Waals surface area contributed by atoms with Crippen LogP contribution in [0.1, 0.15) is 59.8 Å². The van der Waals surface area contributed by atoms with E-state index in [4.69, 9.17) is 10.2 Å². The second kappa shape index (κ2) is 11.6. The van der Waals surface area contributed by atoms with Crippen LogP contribution in [-0.4, -0.2) is 53.1 Å². The Bertz CT molecular complexity index is 1100. The van der Waals surface area contributed by atoms with Crippen molar-refractivity contribution in [2.75, 3.05) is 27.2 Å². The molecule has 0 radical (unpaired) electrons. The Balaban J connectivity index is 1.52. The summed E-state index contributed by atoms with van der Waals surface area (Å²) < 4.78 is 6.15. The molecule has 2 unspecified atom stereocenters. The molecule has 2 aromatic carbocycles. The third kappa shape index (κ3) is 6.35. The molecule has 1 saturated heterocycles. The number of rotatable bonds is 11. The van der Waals surface area contributed by atoms with Crippen molar-refractivity contribution in [3.05, 3.63) is 83.1 Å². The number of carbonyl (C=O) groups excluding carboxylic acids is 1. The van der Waals surface area contributed by atoms with Crippen LogP contribution in [0.3, 0.4) is 0 Å². The number of carbonyl (C=O) groups is 1. The first-order valence-corrected chi connectivity index (χ1v) is 12.5. The molecule has 0 bridgehead atoms. The number of aryl methyl sites for hydroxylation is 2. The average molecular weight is 476 g/mol. The van der Waals surface area contributed by atoms with Crippen LogP contribution in [0, 0.1) is 12.8 Å². The van der Waals surface area contributed by atoms with Crippen molar-refractivity contribution in [1.82, 2.24) is 20.0 Å². The third-order valence-electron chi connectivity index (χ3n) is 6.96. The highest BCUT2D eigenvalue weighted by molar-refractivity contribution is 5.81. The molecule has 7 nitrogen and oxygen atoms in total. The molecule has 186 valence electrons. The number of amides is 1. The zero-order chi connectivity index (χ0) is 24.8. The lowest BCUT2D eigenvalue weighted by molar-refractivity contribution is -0.133. The number of hydrogen-bond donors (Lipinski definition) is 1. The number of benzene rings is 2. The van der Waals surface area contributed by atoms with Gasteiger partial charge < -0.3 is 20.0 Å². The standard InChI is InChI=1S/C28H37N5O2/c1-20-9-7-8-12-23(20)19-24(29)26-30-31-27(35-26)25(14-13-21-10-5-4-6-11-21)33-18-16-22(28(33)34)15-17-32(2)3/h4-12,22,24-25H,13-19,29H2,1-3H3/t22?,24-,25?/m0/s1. The van der Waals surface area contributed by atoms with Crippen LogP contribution in [0.25, 0.3) is 0 Å². The van der Waals surface area contributed by atoms with Gasteiger partial charge in [-0.05, 0) is 76.4 Å². The van der Waals surface area contributed by atoms with Crippen LogP contribution < -0.4 is 5.73 Å². The Hall–Kier alpha value is -3.03. The fraction of sp³-hybridized carbons (Fsp3) is 0.464. The summed E-state index contributed by atoms with van der Waals surface area (Å²) in [6.07, 6.45) is 3.90. The molecular weight excluding hydrogens is 438 g/mol. The van der Waals surface area contributed by atoms with E-state index in [1.807, 2.05) is 49.3 Å². The SMILES string of the molecule is Cc1ccccc1C[C@H](N)c1nnc(C(CCc2ccccc2)N2CCC(CCN(C)C)C2=O)o1. The van der Waals surface area contributed by atoms with Crippen LogP contribution in [0.15, 0.2) is 59.0 Å². The van der Waals surface area contributed by atoms with E-state index >= 15 is 0 Å². The second-order valence-electron chi connectivity index (χ2n) is 9.86. The van der Waals surface area contributed by atoms with E-state index in [0.29, 0.717) is 24.7 Å². The monoisotopic (exact) mass is 475 g/mol. The van der Waals surface area contributed by atoms with Gasteiger partial charge in [-0.3, -0.25) is 4.79 Å². The molecule has 3 atom stereocenters. The summed E-state index contributed by atoms with van der Waals surface area (Å²) in [6.45, 7) is 3.69. The van der Waals surface area contributed by atoms with Crippen LogP contribution in [0.4, 0.5) is 0 Å². The molecule has 1 amide bonds. The predicted octanol–water partition coefficient (Wildman–Crippen LogP) is 4.09. The van der Waals surface area contributed by atoms with E-state index < -0.39 is 6.04 Å². The Morgan fingerprint density at radius 3 is 2.54 bits per heavy atom. The lowest BCUT2D eigenvalue weighted by atomic mass is 10.0.